The summed E-state index contributed by atoms with van der Waals surface area (Å²) in [6.07, 6.45) is 3.33. The Bertz CT molecular complexity index is 797. The zero-order chi connectivity index (χ0) is 14.1. The number of hydrogen-bond donors (Lipinski definition) is 1. The second-order valence-electron chi connectivity index (χ2n) is 4.39. The van der Waals surface area contributed by atoms with Gasteiger partial charge in [0.1, 0.15) is 4.88 Å². The SMILES string of the molecule is Cc1ccncc1NC(=O)c1sc2ccccc2c1Cl. The van der Waals surface area contributed by atoms with Crippen molar-refractivity contribution in [2.24, 2.45) is 0 Å². The summed E-state index contributed by atoms with van der Waals surface area (Å²) < 4.78 is 1.01. The van der Waals surface area contributed by atoms with Gasteiger partial charge in [-0.25, -0.2) is 0 Å². The minimum Gasteiger partial charge on any atom is -0.320 e. The molecule has 3 rings (SSSR count). The number of amides is 1. The average molecular weight is 303 g/mol. The van der Waals surface area contributed by atoms with E-state index >= 15 is 0 Å². The van der Waals surface area contributed by atoms with E-state index in [1.54, 1.807) is 12.4 Å². The molecule has 3 aromatic rings. The number of halogens is 1. The number of hydrogen-bond acceptors (Lipinski definition) is 3. The molecule has 0 aliphatic heterocycles. The lowest BCUT2D eigenvalue weighted by molar-refractivity contribution is 0.103. The van der Waals surface area contributed by atoms with Gasteiger partial charge >= 0.3 is 0 Å². The third-order valence-corrected chi connectivity index (χ3v) is 4.70. The molecule has 2 heterocycles. The predicted octanol–water partition coefficient (Wildman–Crippen LogP) is 4.51. The van der Waals surface area contributed by atoms with Gasteiger partial charge in [0.25, 0.3) is 5.91 Å². The Kier molecular flexibility index (Phi) is 3.42. The molecule has 0 saturated heterocycles. The van der Waals surface area contributed by atoms with Crippen LogP contribution in [0.3, 0.4) is 0 Å². The molecule has 0 aliphatic carbocycles. The maximum Gasteiger partial charge on any atom is 0.267 e. The topological polar surface area (TPSA) is 42.0 Å². The maximum atomic E-state index is 12.3. The van der Waals surface area contributed by atoms with E-state index in [2.05, 4.69) is 10.3 Å². The van der Waals surface area contributed by atoms with Crippen molar-refractivity contribution in [3.05, 3.63) is 58.2 Å². The van der Waals surface area contributed by atoms with E-state index in [0.29, 0.717) is 15.6 Å². The lowest BCUT2D eigenvalue weighted by atomic mass is 10.2. The monoisotopic (exact) mass is 302 g/mol. The molecule has 3 nitrogen and oxygen atoms in total. The summed E-state index contributed by atoms with van der Waals surface area (Å²) in [7, 11) is 0. The van der Waals surface area contributed by atoms with Gasteiger partial charge in [-0.3, -0.25) is 9.78 Å². The van der Waals surface area contributed by atoms with E-state index in [0.717, 1.165) is 15.6 Å². The lowest BCUT2D eigenvalue weighted by Gasteiger charge is -2.06. The number of thiophene rings is 1. The van der Waals surface area contributed by atoms with E-state index in [-0.39, 0.29) is 5.91 Å². The molecule has 0 bridgehead atoms. The normalized spacial score (nSPS) is 10.7. The van der Waals surface area contributed by atoms with E-state index in [1.807, 2.05) is 37.3 Å². The van der Waals surface area contributed by atoms with Gasteiger partial charge in [0.15, 0.2) is 0 Å². The molecule has 0 spiro atoms. The Balaban J connectivity index is 1.97. The molecule has 0 fully saturated rings. The van der Waals surface area contributed by atoms with Crippen molar-refractivity contribution in [2.75, 3.05) is 5.32 Å². The Morgan fingerprint density at radius 3 is 2.85 bits per heavy atom. The van der Waals surface area contributed by atoms with Crippen LogP contribution < -0.4 is 5.32 Å². The highest BCUT2D eigenvalue weighted by atomic mass is 35.5. The molecule has 5 heteroatoms. The zero-order valence-electron chi connectivity index (χ0n) is 10.7. The van der Waals surface area contributed by atoms with E-state index in [1.165, 1.54) is 11.3 Å². The average Bonchev–Trinajstić information content (AvgIpc) is 2.79. The van der Waals surface area contributed by atoms with Crippen molar-refractivity contribution < 1.29 is 4.79 Å². The van der Waals surface area contributed by atoms with Crippen LogP contribution in [-0.2, 0) is 0 Å². The van der Waals surface area contributed by atoms with Crippen molar-refractivity contribution in [2.45, 2.75) is 6.92 Å². The van der Waals surface area contributed by atoms with Crippen LogP contribution in [0.4, 0.5) is 5.69 Å². The number of benzene rings is 1. The number of fused-ring (bicyclic) bond motifs is 1. The molecule has 0 aliphatic rings. The largest absolute Gasteiger partial charge is 0.320 e. The van der Waals surface area contributed by atoms with Crippen LogP contribution in [0.15, 0.2) is 42.7 Å². The fraction of sp³-hybridized carbons (Fsp3) is 0.0667. The van der Waals surface area contributed by atoms with Gasteiger partial charge in [-0.05, 0) is 24.6 Å². The highest BCUT2D eigenvalue weighted by Gasteiger charge is 2.17. The molecule has 0 unspecified atom stereocenters. The molecule has 0 radical (unpaired) electrons. The highest BCUT2D eigenvalue weighted by Crippen LogP contribution is 2.35. The van der Waals surface area contributed by atoms with Crippen molar-refractivity contribution in [3.8, 4) is 0 Å². The minimum atomic E-state index is -0.202. The van der Waals surface area contributed by atoms with Gasteiger partial charge in [-0.15, -0.1) is 11.3 Å². The number of rotatable bonds is 2. The van der Waals surface area contributed by atoms with Gasteiger partial charge < -0.3 is 5.32 Å². The number of anilines is 1. The number of nitrogens with zero attached hydrogens (tertiary/aromatic N) is 1. The van der Waals surface area contributed by atoms with Gasteiger partial charge in [0.2, 0.25) is 0 Å². The first kappa shape index (κ1) is 13.1. The number of aryl methyl sites for hydroxylation is 1. The highest BCUT2D eigenvalue weighted by molar-refractivity contribution is 7.21. The molecule has 1 N–H and O–H groups in total. The van der Waals surface area contributed by atoms with Crippen molar-refractivity contribution in [1.82, 2.24) is 4.98 Å². The van der Waals surface area contributed by atoms with Crippen molar-refractivity contribution in [3.63, 3.8) is 0 Å². The second-order valence-corrected chi connectivity index (χ2v) is 5.82. The van der Waals surface area contributed by atoms with Crippen molar-refractivity contribution in [1.29, 1.82) is 0 Å². The van der Waals surface area contributed by atoms with Gasteiger partial charge in [-0.1, -0.05) is 29.8 Å². The predicted molar refractivity (Wildman–Crippen MR) is 83.8 cm³/mol. The Morgan fingerprint density at radius 1 is 1.30 bits per heavy atom. The van der Waals surface area contributed by atoms with Crippen LogP contribution in [0.1, 0.15) is 15.2 Å². The van der Waals surface area contributed by atoms with Crippen LogP contribution in [0.5, 0.6) is 0 Å². The number of nitrogens with one attached hydrogen (secondary N) is 1. The Labute approximate surface area is 125 Å². The summed E-state index contributed by atoms with van der Waals surface area (Å²) in [6, 6.07) is 9.57. The number of carbonyl (C=O) groups excluding carboxylic acids is 1. The third kappa shape index (κ3) is 2.28. The Hall–Kier alpha value is -1.91. The molecular weight excluding hydrogens is 292 g/mol. The third-order valence-electron chi connectivity index (χ3n) is 3.03. The molecule has 1 amide bonds. The summed E-state index contributed by atoms with van der Waals surface area (Å²) in [5.41, 5.74) is 1.66. The molecule has 20 heavy (non-hydrogen) atoms. The summed E-state index contributed by atoms with van der Waals surface area (Å²) in [5, 5.41) is 4.27. The smallest absolute Gasteiger partial charge is 0.267 e. The van der Waals surface area contributed by atoms with Crippen LogP contribution in [0.25, 0.3) is 10.1 Å². The summed E-state index contributed by atoms with van der Waals surface area (Å²) in [6.45, 7) is 1.92. The number of aromatic nitrogens is 1. The Morgan fingerprint density at radius 2 is 2.10 bits per heavy atom. The molecular formula is C15H11ClN2OS. The lowest BCUT2D eigenvalue weighted by Crippen LogP contribution is -2.11. The zero-order valence-corrected chi connectivity index (χ0v) is 12.3. The van der Waals surface area contributed by atoms with E-state index in [9.17, 15) is 4.79 Å². The van der Waals surface area contributed by atoms with Crippen LogP contribution in [0.2, 0.25) is 5.02 Å². The van der Waals surface area contributed by atoms with Crippen molar-refractivity contribution >= 4 is 44.6 Å². The summed E-state index contributed by atoms with van der Waals surface area (Å²) in [5.74, 6) is -0.202. The first-order valence-electron chi connectivity index (χ1n) is 6.06. The molecule has 2 aromatic heterocycles. The van der Waals surface area contributed by atoms with Gasteiger partial charge in [0.05, 0.1) is 16.9 Å². The number of carbonyl (C=O) groups is 1. The maximum absolute atomic E-state index is 12.3. The molecule has 0 atom stereocenters. The van der Waals surface area contributed by atoms with Gasteiger partial charge in [0, 0.05) is 16.3 Å². The standard InChI is InChI=1S/C15H11ClN2OS/c1-9-6-7-17-8-11(9)18-15(19)14-13(16)10-4-2-3-5-12(10)20-14/h2-8H,1H3,(H,18,19). The summed E-state index contributed by atoms with van der Waals surface area (Å²) in [4.78, 5) is 16.9. The van der Waals surface area contributed by atoms with Crippen LogP contribution in [0, 0.1) is 6.92 Å². The van der Waals surface area contributed by atoms with Gasteiger partial charge in [-0.2, -0.15) is 0 Å². The second kappa shape index (κ2) is 5.23. The molecule has 100 valence electrons. The quantitative estimate of drug-likeness (QED) is 0.756. The van der Waals surface area contributed by atoms with E-state index < -0.39 is 0 Å². The first-order valence-corrected chi connectivity index (χ1v) is 7.25. The van der Waals surface area contributed by atoms with Crippen LogP contribution >= 0.6 is 22.9 Å². The first-order chi connectivity index (χ1) is 9.66. The number of pyridine rings is 1. The fourth-order valence-corrected chi connectivity index (χ4v) is 3.35. The fourth-order valence-electron chi connectivity index (χ4n) is 1.93. The van der Waals surface area contributed by atoms with Crippen LogP contribution in [-0.4, -0.2) is 10.9 Å². The molecule has 0 saturated carbocycles. The molecule has 1 aromatic carbocycles. The summed E-state index contributed by atoms with van der Waals surface area (Å²) >= 11 is 7.68. The van der Waals surface area contributed by atoms with E-state index in [4.69, 9.17) is 11.6 Å². The minimum absolute atomic E-state index is 0.202.